The van der Waals surface area contributed by atoms with Crippen LogP contribution in [0.4, 0.5) is 0 Å². The third-order valence-electron chi connectivity index (χ3n) is 3.53. The molecule has 5 nitrogen and oxygen atoms in total. The Morgan fingerprint density at radius 1 is 1.47 bits per heavy atom. The Morgan fingerprint density at radius 3 is 2.79 bits per heavy atom. The molecular formula is C14H27NO4. The van der Waals surface area contributed by atoms with Crippen molar-refractivity contribution in [3.05, 3.63) is 0 Å². The van der Waals surface area contributed by atoms with E-state index < -0.39 is 11.5 Å². The maximum absolute atomic E-state index is 11.6. The van der Waals surface area contributed by atoms with Crippen LogP contribution in [0.5, 0.6) is 0 Å². The first-order valence-corrected chi connectivity index (χ1v) is 7.12. The molecule has 5 heteroatoms. The van der Waals surface area contributed by atoms with Crippen LogP contribution < -0.4 is 5.32 Å². The summed E-state index contributed by atoms with van der Waals surface area (Å²) >= 11 is 0. The van der Waals surface area contributed by atoms with Crippen LogP contribution >= 0.6 is 0 Å². The molecule has 2 atom stereocenters. The van der Waals surface area contributed by atoms with E-state index in [-0.39, 0.29) is 12.1 Å². The predicted molar refractivity (Wildman–Crippen MR) is 73.3 cm³/mol. The lowest BCUT2D eigenvalue weighted by Gasteiger charge is -2.39. The Morgan fingerprint density at radius 2 is 2.21 bits per heavy atom. The highest BCUT2D eigenvalue weighted by atomic mass is 16.5. The summed E-state index contributed by atoms with van der Waals surface area (Å²) in [5.74, 6) is -0.758. The van der Waals surface area contributed by atoms with Crippen LogP contribution in [0.3, 0.4) is 0 Å². The van der Waals surface area contributed by atoms with Gasteiger partial charge in [-0.1, -0.05) is 0 Å². The van der Waals surface area contributed by atoms with E-state index in [4.69, 9.17) is 9.47 Å². The first kappa shape index (κ1) is 16.4. The smallest absolute Gasteiger partial charge is 0.324 e. The van der Waals surface area contributed by atoms with Crippen molar-refractivity contribution < 1.29 is 19.4 Å². The van der Waals surface area contributed by atoms with E-state index in [1.807, 2.05) is 13.8 Å². The molecule has 0 heterocycles. The number of nitrogens with one attached hydrogen (secondary N) is 1. The van der Waals surface area contributed by atoms with Crippen LogP contribution in [0.15, 0.2) is 0 Å². The Kier molecular flexibility index (Phi) is 6.75. The third-order valence-corrected chi connectivity index (χ3v) is 3.53. The van der Waals surface area contributed by atoms with Crippen molar-refractivity contribution in [3.8, 4) is 0 Å². The van der Waals surface area contributed by atoms with Gasteiger partial charge in [0.1, 0.15) is 5.54 Å². The fourth-order valence-corrected chi connectivity index (χ4v) is 2.76. The lowest BCUT2D eigenvalue weighted by molar-refractivity contribution is -0.149. The lowest BCUT2D eigenvalue weighted by atomic mass is 9.79. The van der Waals surface area contributed by atoms with E-state index in [0.717, 1.165) is 19.3 Å². The second kappa shape index (κ2) is 7.82. The summed E-state index contributed by atoms with van der Waals surface area (Å²) < 4.78 is 10.8. The van der Waals surface area contributed by atoms with E-state index in [1.54, 1.807) is 7.11 Å². The minimum absolute atomic E-state index is 0.0351. The van der Waals surface area contributed by atoms with Gasteiger partial charge in [0, 0.05) is 32.8 Å². The molecule has 0 saturated heterocycles. The largest absolute Gasteiger partial charge is 0.480 e. The van der Waals surface area contributed by atoms with Crippen molar-refractivity contribution in [1.29, 1.82) is 0 Å². The molecule has 1 rings (SSSR count). The van der Waals surface area contributed by atoms with Crippen molar-refractivity contribution in [2.75, 3.05) is 20.3 Å². The fraction of sp³-hybridized carbons (Fsp3) is 0.929. The maximum atomic E-state index is 11.6. The van der Waals surface area contributed by atoms with Crippen LogP contribution in [0.25, 0.3) is 0 Å². The van der Waals surface area contributed by atoms with Gasteiger partial charge in [-0.15, -0.1) is 0 Å². The van der Waals surface area contributed by atoms with Gasteiger partial charge in [0.2, 0.25) is 0 Å². The number of carboxylic acids is 1. The Hall–Kier alpha value is -0.650. The second-order valence-corrected chi connectivity index (χ2v) is 5.62. The molecule has 0 spiro atoms. The summed E-state index contributed by atoms with van der Waals surface area (Å²) in [5.41, 5.74) is -0.821. The van der Waals surface area contributed by atoms with E-state index in [2.05, 4.69) is 5.32 Å². The van der Waals surface area contributed by atoms with Gasteiger partial charge < -0.3 is 14.6 Å². The molecule has 0 aromatic heterocycles. The van der Waals surface area contributed by atoms with Crippen LogP contribution in [-0.4, -0.2) is 49.1 Å². The van der Waals surface area contributed by atoms with Gasteiger partial charge in [0.05, 0.1) is 6.10 Å². The number of aliphatic carboxylic acids is 1. The molecular weight excluding hydrogens is 246 g/mol. The van der Waals surface area contributed by atoms with Gasteiger partial charge in [-0.05, 0) is 39.5 Å². The maximum Gasteiger partial charge on any atom is 0.324 e. The second-order valence-electron chi connectivity index (χ2n) is 5.62. The average Bonchev–Trinajstić information content (AvgIpc) is 2.34. The first-order valence-electron chi connectivity index (χ1n) is 7.12. The molecule has 1 aliphatic carbocycles. The Bertz CT molecular complexity index is 283. The zero-order chi connectivity index (χ0) is 14.3. The van der Waals surface area contributed by atoms with Crippen LogP contribution in [0, 0.1) is 0 Å². The summed E-state index contributed by atoms with van der Waals surface area (Å²) in [6.45, 7) is 5.28. The molecule has 1 aliphatic rings. The van der Waals surface area contributed by atoms with E-state index in [1.165, 1.54) is 0 Å². The van der Waals surface area contributed by atoms with Crippen LogP contribution in [0.1, 0.15) is 46.0 Å². The molecule has 0 radical (unpaired) electrons. The summed E-state index contributed by atoms with van der Waals surface area (Å²) in [6.07, 6.45) is 3.95. The highest BCUT2D eigenvalue weighted by Crippen LogP contribution is 2.31. The van der Waals surface area contributed by atoms with Crippen LogP contribution in [-0.2, 0) is 14.3 Å². The van der Waals surface area contributed by atoms with Gasteiger partial charge in [0.25, 0.3) is 0 Å². The summed E-state index contributed by atoms with van der Waals surface area (Å²) in [7, 11) is 1.67. The molecule has 1 fully saturated rings. The fourth-order valence-electron chi connectivity index (χ4n) is 2.76. The zero-order valence-corrected chi connectivity index (χ0v) is 12.3. The first-order chi connectivity index (χ1) is 9.00. The molecule has 0 aliphatic heterocycles. The van der Waals surface area contributed by atoms with Gasteiger partial charge in [-0.25, -0.2) is 0 Å². The number of ether oxygens (including phenoxy) is 2. The minimum Gasteiger partial charge on any atom is -0.480 e. The molecule has 2 unspecified atom stereocenters. The summed E-state index contributed by atoms with van der Waals surface area (Å²) in [4.78, 5) is 11.6. The molecule has 1 saturated carbocycles. The monoisotopic (exact) mass is 273 g/mol. The highest BCUT2D eigenvalue weighted by Gasteiger charge is 2.43. The topological polar surface area (TPSA) is 67.8 Å². The normalized spacial score (nSPS) is 27.7. The highest BCUT2D eigenvalue weighted by molar-refractivity contribution is 5.79. The molecule has 112 valence electrons. The Labute approximate surface area is 115 Å². The number of carbonyl (C=O) groups is 1. The Balaban J connectivity index is 2.51. The van der Waals surface area contributed by atoms with Crippen LogP contribution in [0.2, 0.25) is 0 Å². The van der Waals surface area contributed by atoms with Crippen molar-refractivity contribution in [2.24, 2.45) is 0 Å². The van der Waals surface area contributed by atoms with Crippen molar-refractivity contribution in [3.63, 3.8) is 0 Å². The quantitative estimate of drug-likeness (QED) is 0.660. The van der Waals surface area contributed by atoms with E-state index >= 15 is 0 Å². The van der Waals surface area contributed by atoms with Crippen molar-refractivity contribution in [1.82, 2.24) is 5.32 Å². The van der Waals surface area contributed by atoms with Gasteiger partial charge in [-0.3, -0.25) is 10.1 Å². The number of rotatable bonds is 8. The third kappa shape index (κ3) is 5.09. The summed E-state index contributed by atoms with van der Waals surface area (Å²) in [5, 5.41) is 12.7. The van der Waals surface area contributed by atoms with Gasteiger partial charge >= 0.3 is 5.97 Å². The zero-order valence-electron chi connectivity index (χ0n) is 12.3. The molecule has 0 aromatic rings. The number of methoxy groups -OCH3 is 1. The van der Waals surface area contributed by atoms with E-state index in [9.17, 15) is 9.90 Å². The molecule has 0 aromatic carbocycles. The van der Waals surface area contributed by atoms with E-state index in [0.29, 0.717) is 26.1 Å². The van der Waals surface area contributed by atoms with Crippen molar-refractivity contribution >= 4 is 5.97 Å². The standard InChI is InChI=1S/C14H27NO4/c1-11(2)15-14(13(16)17)7-4-6-12(10-14)19-9-5-8-18-3/h11-12,15H,4-10H2,1-3H3,(H,16,17). The number of carboxylic acid groups (broad SMARTS) is 1. The summed E-state index contributed by atoms with van der Waals surface area (Å²) in [6, 6.07) is 0.156. The molecule has 0 bridgehead atoms. The molecule has 19 heavy (non-hydrogen) atoms. The lowest BCUT2D eigenvalue weighted by Crippen LogP contribution is -2.58. The van der Waals surface area contributed by atoms with Gasteiger partial charge in [-0.2, -0.15) is 0 Å². The average molecular weight is 273 g/mol. The predicted octanol–water partition coefficient (Wildman–Crippen LogP) is 1.80. The molecule has 2 N–H and O–H groups in total. The molecule has 0 amide bonds. The number of hydrogen-bond donors (Lipinski definition) is 2. The van der Waals surface area contributed by atoms with Gasteiger partial charge in [0.15, 0.2) is 0 Å². The number of hydrogen-bond acceptors (Lipinski definition) is 4. The minimum atomic E-state index is -0.821. The SMILES string of the molecule is COCCCOC1CCCC(NC(C)C)(C(=O)O)C1. The van der Waals surface area contributed by atoms with Crippen molar-refractivity contribution in [2.45, 2.75) is 63.6 Å².